The Balaban J connectivity index is 1.79. The van der Waals surface area contributed by atoms with Gasteiger partial charge in [-0.05, 0) is 64.8 Å². The largest absolute Gasteiger partial charge is 0.465 e. The van der Waals surface area contributed by atoms with Crippen molar-refractivity contribution in [3.8, 4) is 11.6 Å². The number of hydrogen-bond donors (Lipinski definition) is 1. The van der Waals surface area contributed by atoms with Gasteiger partial charge in [0.2, 0.25) is 11.8 Å². The van der Waals surface area contributed by atoms with Crippen LogP contribution in [0.5, 0.6) is 11.6 Å². The van der Waals surface area contributed by atoms with E-state index in [0.29, 0.717) is 23.7 Å². The molecule has 0 atom stereocenters. The molecule has 1 aliphatic heterocycles. The molecular formula is C25H31N3O6. The molecule has 0 radical (unpaired) electrons. The van der Waals surface area contributed by atoms with Crippen molar-refractivity contribution >= 4 is 23.7 Å². The van der Waals surface area contributed by atoms with Crippen molar-refractivity contribution in [2.24, 2.45) is 0 Å². The van der Waals surface area contributed by atoms with Gasteiger partial charge in [-0.15, -0.1) is 0 Å². The summed E-state index contributed by atoms with van der Waals surface area (Å²) < 4.78 is 16.4. The molecule has 1 aromatic heterocycles. The highest BCUT2D eigenvalue weighted by Crippen LogP contribution is 2.36. The van der Waals surface area contributed by atoms with Crippen molar-refractivity contribution in [1.29, 1.82) is 0 Å². The molecule has 0 saturated heterocycles. The molecule has 2 amide bonds. The molecule has 2 aromatic rings. The molecule has 0 aliphatic carbocycles. The van der Waals surface area contributed by atoms with Crippen molar-refractivity contribution in [3.63, 3.8) is 0 Å². The van der Waals surface area contributed by atoms with Gasteiger partial charge in [0.05, 0.1) is 12.3 Å². The molecular weight excluding hydrogens is 438 g/mol. The summed E-state index contributed by atoms with van der Waals surface area (Å²) in [5.74, 6) is 0.325. The van der Waals surface area contributed by atoms with Crippen LogP contribution in [0.1, 0.15) is 50.9 Å². The maximum absolute atomic E-state index is 12.5. The van der Waals surface area contributed by atoms with Crippen molar-refractivity contribution in [1.82, 2.24) is 10.3 Å². The third kappa shape index (κ3) is 6.69. The quantitative estimate of drug-likeness (QED) is 0.610. The summed E-state index contributed by atoms with van der Waals surface area (Å²) in [4.78, 5) is 42.4. The lowest BCUT2D eigenvalue weighted by Gasteiger charge is -2.29. The number of alkyl carbamates (subject to hydrolysis) is 1. The first kappa shape index (κ1) is 25.0. The predicted molar refractivity (Wildman–Crippen MR) is 126 cm³/mol. The number of carbonyl (C=O) groups excluding carboxylic acids is 3. The Morgan fingerprint density at radius 1 is 1.18 bits per heavy atom. The zero-order valence-corrected chi connectivity index (χ0v) is 20.3. The summed E-state index contributed by atoms with van der Waals surface area (Å²) in [5, 5.41) is 2.73. The Morgan fingerprint density at radius 2 is 1.94 bits per heavy atom. The monoisotopic (exact) mass is 469 g/mol. The second-order valence-corrected chi connectivity index (χ2v) is 8.95. The molecule has 0 saturated carbocycles. The van der Waals surface area contributed by atoms with Crippen LogP contribution in [0.25, 0.3) is 0 Å². The lowest BCUT2D eigenvalue weighted by Crippen LogP contribution is -2.39. The molecule has 9 nitrogen and oxygen atoms in total. The standard InChI is InChI=1S/C25H31N3O6/c1-6-32-23(30)15-28-19-8-7-9-20(18(19)10-11-22(28)29)33-21-13-17(12-16(2)27-21)14-26-24(31)34-25(3,4)5/h7-9,12-13H,6,10-11,14-15H2,1-5H3,(H,26,31). The van der Waals surface area contributed by atoms with Gasteiger partial charge in [-0.2, -0.15) is 0 Å². The van der Waals surface area contributed by atoms with Gasteiger partial charge < -0.3 is 24.4 Å². The first-order chi connectivity index (χ1) is 16.1. The molecule has 3 rings (SSSR count). The number of fused-ring (bicyclic) bond motifs is 1. The van der Waals surface area contributed by atoms with E-state index in [-0.39, 0.29) is 32.0 Å². The normalized spacial score (nSPS) is 13.2. The van der Waals surface area contributed by atoms with Gasteiger partial charge in [-0.25, -0.2) is 9.78 Å². The third-order valence-electron chi connectivity index (χ3n) is 4.92. The number of nitrogens with one attached hydrogen (secondary N) is 1. The second-order valence-electron chi connectivity index (χ2n) is 8.95. The van der Waals surface area contributed by atoms with Crippen molar-refractivity contribution in [3.05, 3.63) is 47.2 Å². The molecule has 0 spiro atoms. The molecule has 0 bridgehead atoms. The number of ether oxygens (including phenoxy) is 3. The van der Waals surface area contributed by atoms with E-state index in [9.17, 15) is 14.4 Å². The molecule has 1 aliphatic rings. The van der Waals surface area contributed by atoms with E-state index >= 15 is 0 Å². The lowest BCUT2D eigenvalue weighted by atomic mass is 10.00. The Kier molecular flexibility index (Phi) is 7.75. The van der Waals surface area contributed by atoms with Gasteiger partial charge in [-0.3, -0.25) is 9.59 Å². The van der Waals surface area contributed by atoms with Gasteiger partial charge >= 0.3 is 12.1 Å². The van der Waals surface area contributed by atoms with E-state index in [2.05, 4.69) is 10.3 Å². The highest BCUT2D eigenvalue weighted by atomic mass is 16.6. The van der Waals surface area contributed by atoms with E-state index in [1.54, 1.807) is 52.0 Å². The number of amides is 2. The lowest BCUT2D eigenvalue weighted by molar-refractivity contribution is -0.142. The maximum Gasteiger partial charge on any atom is 0.407 e. The maximum atomic E-state index is 12.5. The zero-order valence-electron chi connectivity index (χ0n) is 20.3. The summed E-state index contributed by atoms with van der Waals surface area (Å²) in [7, 11) is 0. The van der Waals surface area contributed by atoms with Crippen LogP contribution in [-0.2, 0) is 32.0 Å². The highest BCUT2D eigenvalue weighted by molar-refractivity contribution is 6.00. The Bertz CT molecular complexity index is 1080. The molecule has 1 N–H and O–H groups in total. The van der Waals surface area contributed by atoms with Crippen LogP contribution in [0.2, 0.25) is 0 Å². The number of aromatic nitrogens is 1. The Labute approximate surface area is 199 Å². The van der Waals surface area contributed by atoms with Gasteiger partial charge in [0.15, 0.2) is 0 Å². The van der Waals surface area contributed by atoms with Gasteiger partial charge in [-0.1, -0.05) is 6.07 Å². The first-order valence-corrected chi connectivity index (χ1v) is 11.3. The highest BCUT2D eigenvalue weighted by Gasteiger charge is 2.28. The zero-order chi connectivity index (χ0) is 24.9. The number of benzene rings is 1. The smallest absolute Gasteiger partial charge is 0.407 e. The molecule has 34 heavy (non-hydrogen) atoms. The number of esters is 1. The van der Waals surface area contributed by atoms with Crippen LogP contribution >= 0.6 is 0 Å². The molecule has 0 unspecified atom stereocenters. The van der Waals surface area contributed by atoms with Crippen LogP contribution in [0, 0.1) is 6.92 Å². The molecule has 0 fully saturated rings. The van der Waals surface area contributed by atoms with E-state index < -0.39 is 17.7 Å². The number of carbonyl (C=O) groups is 3. The van der Waals surface area contributed by atoms with E-state index in [0.717, 1.165) is 16.8 Å². The average Bonchev–Trinajstić information content (AvgIpc) is 2.73. The van der Waals surface area contributed by atoms with Crippen LogP contribution < -0.4 is 15.0 Å². The number of anilines is 1. The van der Waals surface area contributed by atoms with E-state index in [1.165, 1.54) is 4.90 Å². The fourth-order valence-electron chi connectivity index (χ4n) is 3.63. The summed E-state index contributed by atoms with van der Waals surface area (Å²) in [6.45, 7) is 9.33. The minimum atomic E-state index is -0.582. The van der Waals surface area contributed by atoms with Crippen LogP contribution in [0.4, 0.5) is 10.5 Å². The summed E-state index contributed by atoms with van der Waals surface area (Å²) in [6.07, 6.45) is 0.245. The first-order valence-electron chi connectivity index (χ1n) is 11.3. The van der Waals surface area contributed by atoms with Gasteiger partial charge in [0.25, 0.3) is 0 Å². The van der Waals surface area contributed by atoms with Crippen LogP contribution in [-0.4, -0.2) is 41.7 Å². The number of aryl methyl sites for hydroxylation is 1. The minimum absolute atomic E-state index is 0.137. The summed E-state index contributed by atoms with van der Waals surface area (Å²) in [5.41, 5.74) is 2.39. The number of nitrogens with zero attached hydrogens (tertiary/aromatic N) is 2. The van der Waals surface area contributed by atoms with Crippen LogP contribution in [0.3, 0.4) is 0 Å². The Hall–Kier alpha value is -3.62. The minimum Gasteiger partial charge on any atom is -0.465 e. The van der Waals surface area contributed by atoms with Gasteiger partial charge in [0.1, 0.15) is 17.9 Å². The van der Waals surface area contributed by atoms with Crippen LogP contribution in [0.15, 0.2) is 30.3 Å². The number of pyridine rings is 1. The van der Waals surface area contributed by atoms with Gasteiger partial charge in [0, 0.05) is 30.3 Å². The van der Waals surface area contributed by atoms with E-state index in [4.69, 9.17) is 14.2 Å². The molecule has 2 heterocycles. The molecule has 9 heteroatoms. The molecule has 182 valence electrons. The molecule has 1 aromatic carbocycles. The van der Waals surface area contributed by atoms with E-state index in [1.807, 2.05) is 13.0 Å². The second kappa shape index (κ2) is 10.5. The topological polar surface area (TPSA) is 107 Å². The fraction of sp³-hybridized carbons (Fsp3) is 0.440. The Morgan fingerprint density at radius 3 is 2.65 bits per heavy atom. The average molecular weight is 470 g/mol. The number of rotatable bonds is 7. The van der Waals surface area contributed by atoms with Crippen molar-refractivity contribution in [2.45, 2.75) is 59.6 Å². The predicted octanol–water partition coefficient (Wildman–Crippen LogP) is 4.05. The third-order valence-corrected chi connectivity index (χ3v) is 4.92. The number of hydrogen-bond acceptors (Lipinski definition) is 7. The van der Waals surface area contributed by atoms with Crippen molar-refractivity contribution in [2.75, 3.05) is 18.1 Å². The summed E-state index contributed by atoms with van der Waals surface area (Å²) in [6, 6.07) is 8.96. The van der Waals surface area contributed by atoms with Crippen molar-refractivity contribution < 1.29 is 28.6 Å². The summed E-state index contributed by atoms with van der Waals surface area (Å²) >= 11 is 0. The SMILES string of the molecule is CCOC(=O)CN1C(=O)CCc2c(Oc3cc(CNC(=O)OC(C)(C)C)cc(C)n3)cccc21. The fourth-order valence-corrected chi connectivity index (χ4v) is 3.63.